The number of hydrogen-bond acceptors (Lipinski definition) is 1. The van der Waals surface area contributed by atoms with E-state index in [2.05, 4.69) is 31.1 Å². The fourth-order valence-electron chi connectivity index (χ4n) is 1.97. The number of unbranched alkanes of at least 4 members (excludes halogenated alkanes) is 1. The first-order chi connectivity index (χ1) is 8.20. The van der Waals surface area contributed by atoms with E-state index in [9.17, 15) is 4.79 Å². The van der Waals surface area contributed by atoms with Crippen molar-refractivity contribution in [3.63, 3.8) is 0 Å². The minimum absolute atomic E-state index is 0.0300. The molecule has 0 radical (unpaired) electrons. The first kappa shape index (κ1) is 11.7. The molecule has 1 N–H and O–H groups in total. The maximum atomic E-state index is 11.5. The van der Waals surface area contributed by atoms with Crippen LogP contribution >= 0.6 is 0 Å². The molecule has 0 saturated carbocycles. The van der Waals surface area contributed by atoms with Crippen LogP contribution in [0, 0.1) is 6.92 Å². The maximum absolute atomic E-state index is 11.5. The second kappa shape index (κ2) is 5.04. The lowest BCUT2D eigenvalue weighted by atomic mass is 10.2. The molecule has 0 amide bonds. The second-order valence-electron chi connectivity index (χ2n) is 4.39. The highest BCUT2D eigenvalue weighted by Crippen LogP contribution is 2.12. The van der Waals surface area contributed by atoms with E-state index in [1.165, 1.54) is 5.56 Å². The van der Waals surface area contributed by atoms with Crippen LogP contribution in [0.25, 0.3) is 5.69 Å². The lowest BCUT2D eigenvalue weighted by Crippen LogP contribution is -2.05. The number of aryl methyl sites for hydroxylation is 2. The largest absolute Gasteiger partial charge is 0.268 e. The summed E-state index contributed by atoms with van der Waals surface area (Å²) in [4.78, 5) is 11.5. The molecule has 3 nitrogen and oxygen atoms in total. The summed E-state index contributed by atoms with van der Waals surface area (Å²) in [6, 6.07) is 9.84. The molecule has 17 heavy (non-hydrogen) atoms. The summed E-state index contributed by atoms with van der Waals surface area (Å²) in [5.41, 5.74) is 3.25. The number of H-pyrrole nitrogens is 1. The molecule has 0 unspecified atom stereocenters. The normalized spacial score (nSPS) is 10.7. The molecule has 2 rings (SSSR count). The predicted octanol–water partition coefficient (Wildman–Crippen LogP) is 2.82. The molecule has 1 aromatic carbocycles. The van der Waals surface area contributed by atoms with Gasteiger partial charge in [-0.1, -0.05) is 25.5 Å². The van der Waals surface area contributed by atoms with Gasteiger partial charge < -0.3 is 0 Å². The standard InChI is InChI=1S/C14H18N2O/c1-3-4-7-13-10-14(17)15-16(13)12-8-5-6-11(2)9-12/h5-6,8-10H,3-4,7H2,1-2H3,(H,15,17). The van der Waals surface area contributed by atoms with Gasteiger partial charge in [-0.3, -0.25) is 14.6 Å². The van der Waals surface area contributed by atoms with Crippen LogP contribution in [0.4, 0.5) is 0 Å². The van der Waals surface area contributed by atoms with Gasteiger partial charge in [0, 0.05) is 11.8 Å². The van der Waals surface area contributed by atoms with E-state index >= 15 is 0 Å². The van der Waals surface area contributed by atoms with Crippen LogP contribution in [0.15, 0.2) is 35.1 Å². The van der Waals surface area contributed by atoms with Crippen molar-refractivity contribution in [3.8, 4) is 5.69 Å². The number of benzene rings is 1. The van der Waals surface area contributed by atoms with Crippen molar-refractivity contribution in [1.82, 2.24) is 9.78 Å². The van der Waals surface area contributed by atoms with Crippen molar-refractivity contribution in [2.75, 3.05) is 0 Å². The van der Waals surface area contributed by atoms with Gasteiger partial charge >= 0.3 is 0 Å². The molecule has 0 aliphatic carbocycles. The van der Waals surface area contributed by atoms with Crippen molar-refractivity contribution in [2.45, 2.75) is 33.1 Å². The quantitative estimate of drug-likeness (QED) is 0.861. The van der Waals surface area contributed by atoms with E-state index in [0.29, 0.717) is 0 Å². The third-order valence-electron chi connectivity index (χ3n) is 2.85. The summed E-state index contributed by atoms with van der Waals surface area (Å²) in [6.07, 6.45) is 3.17. The minimum Gasteiger partial charge on any atom is -0.268 e. The monoisotopic (exact) mass is 230 g/mol. The van der Waals surface area contributed by atoms with Gasteiger partial charge in [-0.05, 0) is 37.5 Å². The van der Waals surface area contributed by atoms with E-state index in [0.717, 1.165) is 30.6 Å². The number of rotatable bonds is 4. The predicted molar refractivity (Wildman–Crippen MR) is 69.7 cm³/mol. The van der Waals surface area contributed by atoms with Crippen LogP contribution in [0.5, 0.6) is 0 Å². The van der Waals surface area contributed by atoms with Gasteiger partial charge in [0.25, 0.3) is 5.56 Å². The van der Waals surface area contributed by atoms with Crippen LogP contribution in [0.3, 0.4) is 0 Å². The molecule has 0 aliphatic heterocycles. The van der Waals surface area contributed by atoms with Gasteiger partial charge in [0.1, 0.15) is 0 Å². The Balaban J connectivity index is 2.40. The third-order valence-corrected chi connectivity index (χ3v) is 2.85. The molecule has 0 bridgehead atoms. The molecule has 0 saturated heterocycles. The van der Waals surface area contributed by atoms with E-state index in [1.54, 1.807) is 6.07 Å². The molecule has 2 aromatic rings. The fraction of sp³-hybridized carbons (Fsp3) is 0.357. The molecule has 1 heterocycles. The zero-order valence-corrected chi connectivity index (χ0v) is 10.4. The van der Waals surface area contributed by atoms with Crippen molar-refractivity contribution in [1.29, 1.82) is 0 Å². The summed E-state index contributed by atoms with van der Waals surface area (Å²) < 4.78 is 1.89. The average Bonchev–Trinajstić information content (AvgIpc) is 2.68. The molecule has 0 fully saturated rings. The van der Waals surface area contributed by atoms with Gasteiger partial charge in [-0.25, -0.2) is 0 Å². The number of nitrogens with zero attached hydrogens (tertiary/aromatic N) is 1. The van der Waals surface area contributed by atoms with E-state index in [1.807, 2.05) is 16.8 Å². The lowest BCUT2D eigenvalue weighted by Gasteiger charge is -2.08. The van der Waals surface area contributed by atoms with Gasteiger partial charge in [0.2, 0.25) is 0 Å². The van der Waals surface area contributed by atoms with Crippen LogP contribution in [-0.4, -0.2) is 9.78 Å². The number of aromatic amines is 1. The highest BCUT2D eigenvalue weighted by Gasteiger charge is 2.05. The average molecular weight is 230 g/mol. The van der Waals surface area contributed by atoms with Crippen LogP contribution in [0.1, 0.15) is 31.0 Å². The Bertz CT molecular complexity index is 551. The second-order valence-corrected chi connectivity index (χ2v) is 4.39. The molecule has 0 aliphatic rings. The SMILES string of the molecule is CCCCc1cc(=O)[nH]n1-c1cccc(C)c1. The van der Waals surface area contributed by atoms with Crippen molar-refractivity contribution >= 4 is 0 Å². The number of nitrogens with one attached hydrogen (secondary N) is 1. The van der Waals surface area contributed by atoms with E-state index in [-0.39, 0.29) is 5.56 Å². The molecule has 3 heteroatoms. The van der Waals surface area contributed by atoms with Gasteiger partial charge in [-0.15, -0.1) is 0 Å². The molecule has 0 atom stereocenters. The van der Waals surface area contributed by atoms with E-state index < -0.39 is 0 Å². The Morgan fingerprint density at radius 3 is 2.82 bits per heavy atom. The summed E-state index contributed by atoms with van der Waals surface area (Å²) in [5.74, 6) is 0. The third kappa shape index (κ3) is 2.67. The highest BCUT2D eigenvalue weighted by atomic mass is 16.1. The summed E-state index contributed by atoms with van der Waals surface area (Å²) in [7, 11) is 0. The van der Waals surface area contributed by atoms with Crippen molar-refractivity contribution in [3.05, 3.63) is 51.9 Å². The molecule has 1 aromatic heterocycles. The zero-order chi connectivity index (χ0) is 12.3. The first-order valence-electron chi connectivity index (χ1n) is 6.08. The van der Waals surface area contributed by atoms with Gasteiger partial charge in [0.05, 0.1) is 5.69 Å². The number of aromatic nitrogens is 2. The highest BCUT2D eigenvalue weighted by molar-refractivity contribution is 5.36. The Labute approximate surface area is 101 Å². The Hall–Kier alpha value is -1.77. The fourth-order valence-corrected chi connectivity index (χ4v) is 1.97. The molecular formula is C14H18N2O. The molecule has 90 valence electrons. The maximum Gasteiger partial charge on any atom is 0.264 e. The Morgan fingerprint density at radius 1 is 1.29 bits per heavy atom. The van der Waals surface area contributed by atoms with Crippen LogP contribution < -0.4 is 5.56 Å². The Morgan fingerprint density at radius 2 is 2.12 bits per heavy atom. The minimum atomic E-state index is -0.0300. The van der Waals surface area contributed by atoms with Gasteiger partial charge in [0.15, 0.2) is 0 Å². The molecule has 0 spiro atoms. The van der Waals surface area contributed by atoms with Gasteiger partial charge in [-0.2, -0.15) is 0 Å². The Kier molecular flexibility index (Phi) is 3.47. The van der Waals surface area contributed by atoms with Crippen LogP contribution in [0.2, 0.25) is 0 Å². The lowest BCUT2D eigenvalue weighted by molar-refractivity contribution is 0.726. The summed E-state index contributed by atoms with van der Waals surface area (Å²) >= 11 is 0. The summed E-state index contributed by atoms with van der Waals surface area (Å²) in [5, 5.41) is 2.86. The van der Waals surface area contributed by atoms with Crippen molar-refractivity contribution in [2.24, 2.45) is 0 Å². The first-order valence-corrected chi connectivity index (χ1v) is 6.08. The zero-order valence-electron chi connectivity index (χ0n) is 10.4. The number of hydrogen-bond donors (Lipinski definition) is 1. The summed E-state index contributed by atoms with van der Waals surface area (Å²) in [6.45, 7) is 4.21. The smallest absolute Gasteiger partial charge is 0.264 e. The van der Waals surface area contributed by atoms with Crippen LogP contribution in [-0.2, 0) is 6.42 Å². The van der Waals surface area contributed by atoms with E-state index in [4.69, 9.17) is 0 Å². The topological polar surface area (TPSA) is 37.8 Å². The molecular weight excluding hydrogens is 212 g/mol. The van der Waals surface area contributed by atoms with Crippen molar-refractivity contribution < 1.29 is 0 Å².